The molecular weight excluding hydrogens is 408 g/mol. The third kappa shape index (κ3) is 5.19. The zero-order valence-corrected chi connectivity index (χ0v) is 16.1. The number of methoxy groups -OCH3 is 2. The van der Waals surface area contributed by atoms with E-state index < -0.39 is 41.1 Å². The van der Waals surface area contributed by atoms with Gasteiger partial charge in [-0.05, 0) is 19.1 Å². The monoisotopic (exact) mass is 425 g/mol. The van der Waals surface area contributed by atoms with Crippen molar-refractivity contribution < 1.29 is 42.2 Å². The number of nitro groups is 1. The quantitative estimate of drug-likeness (QED) is 0.259. The number of ether oxygens (including phenoxy) is 4. The predicted molar refractivity (Wildman–Crippen MR) is 98.6 cm³/mol. The first kappa shape index (κ1) is 22.5. The molecule has 0 atom stereocenters. The largest absolute Gasteiger partial charge is 0.493 e. The van der Waals surface area contributed by atoms with Crippen molar-refractivity contribution in [2.24, 2.45) is 0 Å². The summed E-state index contributed by atoms with van der Waals surface area (Å²) in [5.41, 5.74) is -0.729. The van der Waals surface area contributed by atoms with Gasteiger partial charge >= 0.3 is 12.6 Å². The summed E-state index contributed by atoms with van der Waals surface area (Å²) in [6.45, 7) is -2.38. The third-order valence-corrected chi connectivity index (χ3v) is 3.90. The minimum Gasteiger partial charge on any atom is -0.493 e. The van der Waals surface area contributed by atoms with Crippen LogP contribution in [0.5, 0.6) is 17.2 Å². The summed E-state index contributed by atoms with van der Waals surface area (Å²) < 4.78 is 44.3. The molecule has 0 radical (unpaired) electrons. The molecule has 0 bridgehead atoms. The van der Waals surface area contributed by atoms with Crippen LogP contribution >= 0.6 is 0 Å². The fourth-order valence-electron chi connectivity index (χ4n) is 2.53. The third-order valence-electron chi connectivity index (χ3n) is 3.90. The molecule has 0 N–H and O–H groups in total. The van der Waals surface area contributed by atoms with E-state index in [-0.39, 0.29) is 22.8 Å². The molecule has 9 nitrogen and oxygen atoms in total. The predicted octanol–water partition coefficient (Wildman–Crippen LogP) is 3.56. The van der Waals surface area contributed by atoms with Gasteiger partial charge in [-0.15, -0.1) is 0 Å². The highest BCUT2D eigenvalue weighted by Crippen LogP contribution is 2.35. The maximum Gasteiger partial charge on any atom is 0.387 e. The zero-order valence-electron chi connectivity index (χ0n) is 16.1. The summed E-state index contributed by atoms with van der Waals surface area (Å²) >= 11 is 0. The second kappa shape index (κ2) is 9.63. The maximum atomic E-state index is 12.5. The number of Topliss-reactive ketones (excluding diaryl/α,β-unsaturated/α-hetero) is 1. The van der Waals surface area contributed by atoms with E-state index in [1.807, 2.05) is 0 Å². The Labute approximate surface area is 169 Å². The van der Waals surface area contributed by atoms with Crippen molar-refractivity contribution in [1.82, 2.24) is 0 Å². The summed E-state index contributed by atoms with van der Waals surface area (Å²) in [6, 6.07) is 5.98. The number of hydrogen-bond acceptors (Lipinski definition) is 8. The Balaban J connectivity index is 2.27. The number of halogens is 2. The molecule has 0 heterocycles. The Morgan fingerprint density at radius 1 is 1.03 bits per heavy atom. The van der Waals surface area contributed by atoms with Crippen molar-refractivity contribution >= 4 is 17.4 Å². The summed E-state index contributed by atoms with van der Waals surface area (Å²) in [4.78, 5) is 35.2. The van der Waals surface area contributed by atoms with Crippen LogP contribution in [0.25, 0.3) is 0 Å². The number of hydrogen-bond donors (Lipinski definition) is 0. The minimum atomic E-state index is -3.16. The fraction of sp³-hybridized carbons (Fsp3) is 0.263. The lowest BCUT2D eigenvalue weighted by Gasteiger charge is -2.12. The van der Waals surface area contributed by atoms with Crippen LogP contribution in [0.3, 0.4) is 0 Å². The Kier molecular flexibility index (Phi) is 7.23. The van der Waals surface area contributed by atoms with Crippen molar-refractivity contribution in [2.75, 3.05) is 20.8 Å². The summed E-state index contributed by atoms with van der Waals surface area (Å²) in [5.74, 6) is -2.34. The Bertz CT molecular complexity index is 977. The van der Waals surface area contributed by atoms with Crippen molar-refractivity contribution in [3.05, 3.63) is 57.1 Å². The second-order valence-corrected chi connectivity index (χ2v) is 5.86. The van der Waals surface area contributed by atoms with Gasteiger partial charge in [0.1, 0.15) is 11.3 Å². The molecule has 0 saturated heterocycles. The van der Waals surface area contributed by atoms with E-state index in [1.165, 1.54) is 32.4 Å². The van der Waals surface area contributed by atoms with Gasteiger partial charge in [0.2, 0.25) is 5.78 Å². The number of rotatable bonds is 9. The van der Waals surface area contributed by atoms with E-state index in [9.17, 15) is 28.5 Å². The first-order valence-corrected chi connectivity index (χ1v) is 8.34. The van der Waals surface area contributed by atoms with Gasteiger partial charge in [0, 0.05) is 6.07 Å². The average Bonchev–Trinajstić information content (AvgIpc) is 2.71. The molecule has 2 aromatic rings. The topological polar surface area (TPSA) is 114 Å². The number of nitro benzene ring substituents is 1. The smallest absolute Gasteiger partial charge is 0.387 e. The normalized spacial score (nSPS) is 10.5. The molecule has 0 saturated carbocycles. The highest BCUT2D eigenvalue weighted by atomic mass is 19.3. The molecule has 11 heteroatoms. The lowest BCUT2D eigenvalue weighted by atomic mass is 10.1. The van der Waals surface area contributed by atoms with Gasteiger partial charge in [0.25, 0.3) is 5.69 Å². The van der Waals surface area contributed by atoms with Gasteiger partial charge in [-0.3, -0.25) is 14.9 Å². The second-order valence-electron chi connectivity index (χ2n) is 5.86. The van der Waals surface area contributed by atoms with Crippen LogP contribution in [0.2, 0.25) is 0 Å². The van der Waals surface area contributed by atoms with E-state index >= 15 is 0 Å². The van der Waals surface area contributed by atoms with E-state index in [0.717, 1.165) is 12.1 Å². The summed E-state index contributed by atoms with van der Waals surface area (Å²) in [7, 11) is 2.53. The van der Waals surface area contributed by atoms with Crippen LogP contribution in [-0.2, 0) is 4.74 Å². The molecule has 0 spiro atoms. The standard InChI is InChI=1S/C19H17F2NO8/c1-10-4-5-15(30-19(20)21)12(6-10)14(23)9-29-18(24)11-7-16(27-2)17(28-3)8-13(11)22(25)26/h4-8,19H,9H2,1-3H3. The van der Waals surface area contributed by atoms with Crippen molar-refractivity contribution in [3.63, 3.8) is 0 Å². The van der Waals surface area contributed by atoms with E-state index in [0.29, 0.717) is 5.56 Å². The number of carbonyl (C=O) groups excluding carboxylic acids is 2. The molecule has 0 unspecified atom stereocenters. The lowest BCUT2D eigenvalue weighted by molar-refractivity contribution is -0.385. The lowest BCUT2D eigenvalue weighted by Crippen LogP contribution is -2.17. The van der Waals surface area contributed by atoms with Gasteiger partial charge in [-0.2, -0.15) is 8.78 Å². The van der Waals surface area contributed by atoms with Crippen molar-refractivity contribution in [2.45, 2.75) is 13.5 Å². The van der Waals surface area contributed by atoms with Crippen molar-refractivity contribution in [3.8, 4) is 17.2 Å². The molecular formula is C19H17F2NO8. The van der Waals surface area contributed by atoms with Gasteiger partial charge in [0.15, 0.2) is 18.1 Å². The SMILES string of the molecule is COc1cc(C(=O)OCC(=O)c2cc(C)ccc2OC(F)F)c([N+](=O)[O-])cc1OC. The van der Waals surface area contributed by atoms with E-state index in [4.69, 9.17) is 14.2 Å². The highest BCUT2D eigenvalue weighted by molar-refractivity contribution is 6.02. The zero-order chi connectivity index (χ0) is 22.4. The first-order valence-electron chi connectivity index (χ1n) is 8.34. The number of alkyl halides is 2. The van der Waals surface area contributed by atoms with Gasteiger partial charge in [0.05, 0.1) is 30.8 Å². The summed E-state index contributed by atoms with van der Waals surface area (Å²) in [5, 5.41) is 11.3. The Morgan fingerprint density at radius 3 is 2.23 bits per heavy atom. The van der Waals surface area contributed by atoms with Crippen LogP contribution in [0, 0.1) is 17.0 Å². The molecule has 0 fully saturated rings. The molecule has 0 aromatic heterocycles. The number of ketones is 1. The van der Waals surface area contributed by atoms with Crippen LogP contribution < -0.4 is 14.2 Å². The number of nitrogens with zero attached hydrogens (tertiary/aromatic N) is 1. The molecule has 0 aliphatic heterocycles. The van der Waals surface area contributed by atoms with Crippen LogP contribution in [0.4, 0.5) is 14.5 Å². The van der Waals surface area contributed by atoms with Gasteiger partial charge in [-0.25, -0.2) is 4.79 Å². The molecule has 0 aliphatic rings. The minimum absolute atomic E-state index is 0.0189. The van der Waals surface area contributed by atoms with Crippen LogP contribution in [-0.4, -0.2) is 44.1 Å². The maximum absolute atomic E-state index is 12.5. The van der Waals surface area contributed by atoms with E-state index in [1.54, 1.807) is 6.92 Å². The molecule has 0 aliphatic carbocycles. The molecule has 0 amide bonds. The number of carbonyl (C=O) groups is 2. The fourth-order valence-corrected chi connectivity index (χ4v) is 2.53. The number of benzene rings is 2. The van der Waals surface area contributed by atoms with Gasteiger partial charge < -0.3 is 18.9 Å². The number of esters is 1. The summed E-state index contributed by atoms with van der Waals surface area (Å²) in [6.07, 6.45) is 0. The average molecular weight is 425 g/mol. The molecule has 30 heavy (non-hydrogen) atoms. The Hall–Kier alpha value is -3.76. The molecule has 2 rings (SSSR count). The van der Waals surface area contributed by atoms with Crippen LogP contribution in [0.15, 0.2) is 30.3 Å². The first-order chi connectivity index (χ1) is 14.2. The van der Waals surface area contributed by atoms with Crippen LogP contribution in [0.1, 0.15) is 26.3 Å². The molecule has 160 valence electrons. The van der Waals surface area contributed by atoms with E-state index in [2.05, 4.69) is 4.74 Å². The van der Waals surface area contributed by atoms with Crippen molar-refractivity contribution in [1.29, 1.82) is 0 Å². The van der Waals surface area contributed by atoms with Gasteiger partial charge in [-0.1, -0.05) is 11.6 Å². The highest BCUT2D eigenvalue weighted by Gasteiger charge is 2.27. The Morgan fingerprint density at radius 2 is 1.67 bits per heavy atom. The molecule has 2 aromatic carbocycles. The number of aryl methyl sites for hydroxylation is 1.